The fourth-order valence-corrected chi connectivity index (χ4v) is 2.90. The number of aromatic nitrogens is 1. The maximum Gasteiger partial charge on any atom is 0.220 e. The molecule has 0 bridgehead atoms. The zero-order valence-corrected chi connectivity index (χ0v) is 14.1. The number of aryl methyl sites for hydroxylation is 1. The summed E-state index contributed by atoms with van der Waals surface area (Å²) in [5.41, 5.74) is 2.28. The number of furan rings is 1. The number of benzene rings is 1. The van der Waals surface area contributed by atoms with Crippen molar-refractivity contribution in [1.29, 1.82) is 0 Å². The van der Waals surface area contributed by atoms with Crippen molar-refractivity contribution in [1.82, 2.24) is 10.3 Å². The molecule has 0 fully saturated rings. The van der Waals surface area contributed by atoms with Gasteiger partial charge in [-0.25, -0.2) is 0 Å². The molecule has 1 aromatic carbocycles. The Morgan fingerprint density at radius 1 is 1.08 bits per heavy atom. The number of hydrogen-bond acceptors (Lipinski definition) is 3. The smallest absolute Gasteiger partial charge is 0.220 e. The normalized spacial score (nSPS) is 11.8. The van der Waals surface area contributed by atoms with Crippen LogP contribution < -0.4 is 5.32 Å². The number of pyridine rings is 1. The first-order valence-electron chi connectivity index (χ1n) is 8.57. The van der Waals surface area contributed by atoms with Crippen LogP contribution in [0.4, 0.5) is 0 Å². The number of carbonyl (C=O) groups excluding carboxylic acids is 1. The second-order valence-corrected chi connectivity index (χ2v) is 5.98. The largest absolute Gasteiger partial charge is 0.469 e. The summed E-state index contributed by atoms with van der Waals surface area (Å²) in [7, 11) is 0. The van der Waals surface area contributed by atoms with E-state index in [0.29, 0.717) is 19.4 Å². The van der Waals surface area contributed by atoms with Gasteiger partial charge in [0, 0.05) is 31.3 Å². The van der Waals surface area contributed by atoms with Gasteiger partial charge in [0.1, 0.15) is 5.76 Å². The highest BCUT2D eigenvalue weighted by molar-refractivity contribution is 5.76. The number of rotatable bonds is 8. The van der Waals surface area contributed by atoms with Gasteiger partial charge >= 0.3 is 0 Å². The SMILES string of the molecule is O=C(CCc1cccnc1)NCC[C@@H](c1ccccc1)c1ccco1. The van der Waals surface area contributed by atoms with Gasteiger partial charge in [-0.3, -0.25) is 9.78 Å². The van der Waals surface area contributed by atoms with E-state index in [-0.39, 0.29) is 11.8 Å². The predicted octanol–water partition coefficient (Wildman–Crippen LogP) is 3.95. The average Bonchev–Trinajstić information content (AvgIpc) is 3.19. The van der Waals surface area contributed by atoms with Crippen LogP contribution in [0.5, 0.6) is 0 Å². The third-order valence-corrected chi connectivity index (χ3v) is 4.21. The molecule has 0 radical (unpaired) electrons. The van der Waals surface area contributed by atoms with Crippen molar-refractivity contribution in [2.24, 2.45) is 0 Å². The third kappa shape index (κ3) is 5.05. The molecule has 1 N–H and O–H groups in total. The molecule has 4 heteroatoms. The van der Waals surface area contributed by atoms with Gasteiger partial charge in [-0.1, -0.05) is 36.4 Å². The highest BCUT2D eigenvalue weighted by Gasteiger charge is 2.16. The van der Waals surface area contributed by atoms with Gasteiger partial charge in [0.2, 0.25) is 5.91 Å². The lowest BCUT2D eigenvalue weighted by Crippen LogP contribution is -2.26. The molecular weight excluding hydrogens is 312 g/mol. The van der Waals surface area contributed by atoms with Gasteiger partial charge in [-0.15, -0.1) is 0 Å². The minimum absolute atomic E-state index is 0.0649. The first-order valence-corrected chi connectivity index (χ1v) is 8.57. The fourth-order valence-electron chi connectivity index (χ4n) is 2.90. The zero-order valence-electron chi connectivity index (χ0n) is 14.1. The maximum atomic E-state index is 12.1. The van der Waals surface area contributed by atoms with E-state index in [1.807, 2.05) is 42.5 Å². The summed E-state index contributed by atoms with van der Waals surface area (Å²) in [5.74, 6) is 1.14. The molecule has 0 aliphatic carbocycles. The summed E-state index contributed by atoms with van der Waals surface area (Å²) in [6, 6.07) is 18.0. The van der Waals surface area contributed by atoms with Crippen LogP contribution in [-0.4, -0.2) is 17.4 Å². The summed E-state index contributed by atoms with van der Waals surface area (Å²) >= 11 is 0. The van der Waals surface area contributed by atoms with Crippen molar-refractivity contribution in [3.8, 4) is 0 Å². The van der Waals surface area contributed by atoms with Crippen LogP contribution in [0.2, 0.25) is 0 Å². The summed E-state index contributed by atoms with van der Waals surface area (Å²) in [5, 5.41) is 3.01. The number of carbonyl (C=O) groups is 1. The molecule has 0 saturated carbocycles. The van der Waals surface area contributed by atoms with Gasteiger partial charge in [0.05, 0.1) is 6.26 Å². The van der Waals surface area contributed by atoms with Gasteiger partial charge in [0.25, 0.3) is 0 Å². The fraction of sp³-hybridized carbons (Fsp3) is 0.238. The first kappa shape index (κ1) is 17.0. The summed E-state index contributed by atoms with van der Waals surface area (Å²) in [4.78, 5) is 16.1. The van der Waals surface area contributed by atoms with E-state index in [1.54, 1.807) is 18.7 Å². The molecule has 0 unspecified atom stereocenters. The van der Waals surface area contributed by atoms with E-state index in [0.717, 1.165) is 17.7 Å². The third-order valence-electron chi connectivity index (χ3n) is 4.21. The Hall–Kier alpha value is -2.88. The van der Waals surface area contributed by atoms with E-state index in [4.69, 9.17) is 4.42 Å². The molecule has 2 heterocycles. The van der Waals surface area contributed by atoms with Crippen LogP contribution in [0.3, 0.4) is 0 Å². The van der Waals surface area contributed by atoms with Gasteiger partial charge in [-0.2, -0.15) is 0 Å². The van der Waals surface area contributed by atoms with E-state index in [9.17, 15) is 4.79 Å². The first-order chi connectivity index (χ1) is 12.3. The Balaban J connectivity index is 1.51. The van der Waals surface area contributed by atoms with Gasteiger partial charge < -0.3 is 9.73 Å². The van der Waals surface area contributed by atoms with Crippen LogP contribution >= 0.6 is 0 Å². The van der Waals surface area contributed by atoms with E-state index in [1.165, 1.54) is 5.56 Å². The Bertz CT molecular complexity index is 755. The van der Waals surface area contributed by atoms with Crippen LogP contribution in [-0.2, 0) is 11.2 Å². The van der Waals surface area contributed by atoms with Gasteiger partial charge in [-0.05, 0) is 42.2 Å². The van der Waals surface area contributed by atoms with E-state index in [2.05, 4.69) is 22.4 Å². The monoisotopic (exact) mass is 334 g/mol. The van der Waals surface area contributed by atoms with Crippen LogP contribution in [0.15, 0.2) is 77.7 Å². The molecule has 0 aliphatic rings. The lowest BCUT2D eigenvalue weighted by molar-refractivity contribution is -0.121. The quantitative estimate of drug-likeness (QED) is 0.679. The lowest BCUT2D eigenvalue weighted by Gasteiger charge is -2.15. The van der Waals surface area contributed by atoms with Gasteiger partial charge in [0.15, 0.2) is 0 Å². The van der Waals surface area contributed by atoms with E-state index < -0.39 is 0 Å². The van der Waals surface area contributed by atoms with Crippen molar-refractivity contribution in [3.05, 3.63) is 90.1 Å². The molecule has 3 rings (SSSR count). The summed E-state index contributed by atoms with van der Waals surface area (Å²) in [6.07, 6.45) is 7.22. The van der Waals surface area contributed by atoms with E-state index >= 15 is 0 Å². The summed E-state index contributed by atoms with van der Waals surface area (Å²) < 4.78 is 5.59. The molecule has 25 heavy (non-hydrogen) atoms. The topological polar surface area (TPSA) is 55.1 Å². The molecule has 0 spiro atoms. The molecule has 3 aromatic rings. The van der Waals surface area contributed by atoms with Crippen molar-refractivity contribution in [3.63, 3.8) is 0 Å². The predicted molar refractivity (Wildman–Crippen MR) is 97.2 cm³/mol. The Labute approximate surface area is 147 Å². The molecule has 1 atom stereocenters. The number of nitrogens with zero attached hydrogens (tertiary/aromatic N) is 1. The number of amides is 1. The highest BCUT2D eigenvalue weighted by Crippen LogP contribution is 2.27. The number of nitrogens with one attached hydrogen (secondary N) is 1. The molecule has 0 aliphatic heterocycles. The van der Waals surface area contributed by atoms with Crippen molar-refractivity contribution in [2.45, 2.75) is 25.2 Å². The average molecular weight is 334 g/mol. The second kappa shape index (κ2) is 8.83. The van der Waals surface area contributed by atoms with Crippen molar-refractivity contribution in [2.75, 3.05) is 6.54 Å². The minimum atomic E-state index is 0.0649. The Morgan fingerprint density at radius 3 is 2.68 bits per heavy atom. The molecule has 128 valence electrons. The lowest BCUT2D eigenvalue weighted by atomic mass is 9.93. The minimum Gasteiger partial charge on any atom is -0.469 e. The second-order valence-electron chi connectivity index (χ2n) is 5.98. The molecule has 1 amide bonds. The molecular formula is C21H22N2O2. The standard InChI is InChI=1S/C21H22N2O2/c24-21(11-10-17-6-4-13-22-16-17)23-14-12-19(20-9-5-15-25-20)18-7-2-1-3-8-18/h1-9,13,15-16,19H,10-12,14H2,(H,23,24)/t19-/m0/s1. The number of hydrogen-bond donors (Lipinski definition) is 1. The Kier molecular flexibility index (Phi) is 5.99. The summed E-state index contributed by atoms with van der Waals surface area (Å²) in [6.45, 7) is 0.617. The van der Waals surface area contributed by atoms with Crippen LogP contribution in [0, 0.1) is 0 Å². The zero-order chi connectivity index (χ0) is 17.3. The molecule has 2 aromatic heterocycles. The molecule has 4 nitrogen and oxygen atoms in total. The molecule has 0 saturated heterocycles. The van der Waals surface area contributed by atoms with Crippen molar-refractivity contribution >= 4 is 5.91 Å². The van der Waals surface area contributed by atoms with Crippen LogP contribution in [0.1, 0.15) is 35.6 Å². The maximum absolute atomic E-state index is 12.1. The highest BCUT2D eigenvalue weighted by atomic mass is 16.3. The van der Waals surface area contributed by atoms with Crippen molar-refractivity contribution < 1.29 is 9.21 Å². The van der Waals surface area contributed by atoms with Crippen LogP contribution in [0.25, 0.3) is 0 Å². The Morgan fingerprint density at radius 2 is 1.96 bits per heavy atom.